The van der Waals surface area contributed by atoms with Gasteiger partial charge >= 0.3 is 5.97 Å². The van der Waals surface area contributed by atoms with Gasteiger partial charge in [0.1, 0.15) is 12.0 Å². The molecule has 1 aromatic heterocycles. The second-order valence-corrected chi connectivity index (χ2v) is 5.18. The van der Waals surface area contributed by atoms with Crippen LogP contribution < -0.4 is 5.32 Å². The first-order valence-corrected chi connectivity index (χ1v) is 6.65. The van der Waals surface area contributed by atoms with E-state index in [4.69, 9.17) is 9.52 Å². The molecule has 1 heterocycles. The highest BCUT2D eigenvalue weighted by Crippen LogP contribution is 2.18. The molecule has 19 heavy (non-hydrogen) atoms. The molecule has 0 aliphatic carbocycles. The van der Waals surface area contributed by atoms with Crippen molar-refractivity contribution in [3.8, 4) is 0 Å². The summed E-state index contributed by atoms with van der Waals surface area (Å²) in [5.41, 5.74) is 1.33. The molecule has 0 aliphatic heterocycles. The first kappa shape index (κ1) is 13.8. The largest absolute Gasteiger partial charge is 0.478 e. The minimum absolute atomic E-state index is 0.149. The normalized spacial score (nSPS) is 12.3. The monoisotopic (exact) mass is 323 g/mol. The van der Waals surface area contributed by atoms with Crippen LogP contribution in [0.2, 0.25) is 0 Å². The number of hydrogen-bond acceptors (Lipinski definition) is 3. The lowest BCUT2D eigenvalue weighted by molar-refractivity contribution is 0.0696. The lowest BCUT2D eigenvalue weighted by atomic mass is 10.1. The molecule has 2 aromatic rings. The van der Waals surface area contributed by atoms with Crippen molar-refractivity contribution in [3.63, 3.8) is 0 Å². The molecule has 0 unspecified atom stereocenters. The molecule has 100 valence electrons. The number of carbonyl (C=O) groups is 1. The Hall–Kier alpha value is -1.59. The van der Waals surface area contributed by atoms with Crippen LogP contribution >= 0.6 is 15.9 Å². The van der Waals surface area contributed by atoms with E-state index in [0.29, 0.717) is 12.3 Å². The van der Waals surface area contributed by atoms with Crippen molar-refractivity contribution in [2.45, 2.75) is 19.5 Å². The molecule has 0 amide bonds. The second-order valence-electron chi connectivity index (χ2n) is 4.26. The zero-order valence-corrected chi connectivity index (χ0v) is 12.0. The Balaban J connectivity index is 1.96. The van der Waals surface area contributed by atoms with E-state index in [1.54, 1.807) is 0 Å². The molecule has 1 aromatic carbocycles. The van der Waals surface area contributed by atoms with Gasteiger partial charge in [-0.25, -0.2) is 4.79 Å². The lowest BCUT2D eigenvalue weighted by Crippen LogP contribution is -2.17. The van der Waals surface area contributed by atoms with E-state index < -0.39 is 5.97 Å². The van der Waals surface area contributed by atoms with Gasteiger partial charge in [0, 0.05) is 10.5 Å². The van der Waals surface area contributed by atoms with E-state index >= 15 is 0 Å². The van der Waals surface area contributed by atoms with E-state index in [2.05, 4.69) is 21.2 Å². The molecule has 0 bridgehead atoms. The maximum absolute atomic E-state index is 10.7. The molecule has 0 saturated carbocycles. The molecule has 0 aliphatic rings. The summed E-state index contributed by atoms with van der Waals surface area (Å²) in [6.07, 6.45) is 1.25. The maximum atomic E-state index is 10.7. The summed E-state index contributed by atoms with van der Waals surface area (Å²) in [5.74, 6) is -0.366. The third kappa shape index (κ3) is 3.68. The van der Waals surface area contributed by atoms with Crippen molar-refractivity contribution in [2.24, 2.45) is 0 Å². The van der Waals surface area contributed by atoms with Crippen molar-refractivity contribution in [2.75, 3.05) is 0 Å². The first-order valence-electron chi connectivity index (χ1n) is 5.86. The van der Waals surface area contributed by atoms with Crippen molar-refractivity contribution in [1.82, 2.24) is 5.32 Å². The Morgan fingerprint density at radius 2 is 2.26 bits per heavy atom. The highest BCUT2D eigenvalue weighted by molar-refractivity contribution is 9.10. The topological polar surface area (TPSA) is 62.5 Å². The molecule has 4 nitrogen and oxygen atoms in total. The molecule has 2 N–H and O–H groups in total. The number of benzene rings is 1. The number of rotatable bonds is 5. The fourth-order valence-corrected chi connectivity index (χ4v) is 2.15. The third-order valence-electron chi connectivity index (χ3n) is 2.83. The SMILES string of the molecule is C[C@H](NCc1cc(C(=O)O)co1)c1cccc(Br)c1. The quantitative estimate of drug-likeness (QED) is 0.882. The fraction of sp³-hybridized carbons (Fsp3) is 0.214. The van der Waals surface area contributed by atoms with Crippen molar-refractivity contribution in [1.29, 1.82) is 0 Å². The third-order valence-corrected chi connectivity index (χ3v) is 3.33. The van der Waals surface area contributed by atoms with Gasteiger partial charge in [0.05, 0.1) is 12.1 Å². The fourth-order valence-electron chi connectivity index (χ4n) is 1.73. The predicted molar refractivity (Wildman–Crippen MR) is 75.1 cm³/mol. The Morgan fingerprint density at radius 3 is 2.89 bits per heavy atom. The smallest absolute Gasteiger partial charge is 0.338 e. The van der Waals surface area contributed by atoms with Crippen LogP contribution in [0.3, 0.4) is 0 Å². The van der Waals surface area contributed by atoms with Crippen LogP contribution in [0.5, 0.6) is 0 Å². The minimum Gasteiger partial charge on any atom is -0.478 e. The summed E-state index contributed by atoms with van der Waals surface area (Å²) >= 11 is 3.43. The van der Waals surface area contributed by atoms with Gasteiger partial charge in [0.2, 0.25) is 0 Å². The summed E-state index contributed by atoms with van der Waals surface area (Å²) in [6, 6.07) is 9.71. The number of carboxylic acid groups (broad SMARTS) is 1. The van der Waals surface area contributed by atoms with E-state index in [-0.39, 0.29) is 11.6 Å². The lowest BCUT2D eigenvalue weighted by Gasteiger charge is -2.13. The van der Waals surface area contributed by atoms with Gasteiger partial charge in [-0.15, -0.1) is 0 Å². The zero-order chi connectivity index (χ0) is 13.8. The Morgan fingerprint density at radius 1 is 1.47 bits per heavy atom. The molecular formula is C14H14BrNO3. The van der Waals surface area contributed by atoms with Crippen molar-refractivity contribution >= 4 is 21.9 Å². The van der Waals surface area contributed by atoms with Crippen LogP contribution in [0.4, 0.5) is 0 Å². The van der Waals surface area contributed by atoms with Crippen LogP contribution in [-0.2, 0) is 6.54 Å². The standard InChI is InChI=1S/C14H14BrNO3/c1-9(10-3-2-4-12(15)5-10)16-7-13-6-11(8-19-13)14(17)18/h2-6,8-9,16H,7H2,1H3,(H,17,18)/t9-/m0/s1. The summed E-state index contributed by atoms with van der Waals surface area (Å²) in [6.45, 7) is 2.53. The van der Waals surface area contributed by atoms with Gasteiger partial charge in [-0.1, -0.05) is 28.1 Å². The Labute approximate surface area is 119 Å². The van der Waals surface area contributed by atoms with Gasteiger partial charge in [-0.3, -0.25) is 0 Å². The summed E-state index contributed by atoms with van der Waals surface area (Å²) in [7, 11) is 0. The van der Waals surface area contributed by atoms with E-state index in [0.717, 1.165) is 10.0 Å². The second kappa shape index (κ2) is 6.04. The van der Waals surface area contributed by atoms with Crippen LogP contribution in [0.25, 0.3) is 0 Å². The molecule has 2 rings (SSSR count). The summed E-state index contributed by atoms with van der Waals surface area (Å²) in [4.78, 5) is 10.7. The molecule has 5 heteroatoms. The first-order chi connectivity index (χ1) is 9.06. The molecule has 1 atom stereocenters. The van der Waals surface area contributed by atoms with Crippen LogP contribution in [0.1, 0.15) is 34.6 Å². The number of aromatic carboxylic acids is 1. The highest BCUT2D eigenvalue weighted by Gasteiger charge is 2.10. The zero-order valence-electron chi connectivity index (χ0n) is 10.4. The molecule has 0 saturated heterocycles. The summed E-state index contributed by atoms with van der Waals surface area (Å²) < 4.78 is 6.22. The minimum atomic E-state index is -0.977. The summed E-state index contributed by atoms with van der Waals surface area (Å²) in [5, 5.41) is 12.1. The number of carboxylic acids is 1. The average molecular weight is 324 g/mol. The van der Waals surface area contributed by atoms with Crippen LogP contribution in [0.15, 0.2) is 45.5 Å². The van der Waals surface area contributed by atoms with Gasteiger partial charge in [-0.05, 0) is 30.7 Å². The number of furan rings is 1. The van der Waals surface area contributed by atoms with Gasteiger partial charge in [0.25, 0.3) is 0 Å². The Kier molecular flexibility index (Phi) is 4.39. The maximum Gasteiger partial charge on any atom is 0.338 e. The molecular weight excluding hydrogens is 310 g/mol. The Bertz CT molecular complexity index is 580. The molecule has 0 radical (unpaired) electrons. The van der Waals surface area contributed by atoms with Crippen LogP contribution in [-0.4, -0.2) is 11.1 Å². The average Bonchev–Trinajstić information content (AvgIpc) is 2.85. The number of halogens is 1. The molecule has 0 spiro atoms. The highest BCUT2D eigenvalue weighted by atomic mass is 79.9. The van der Waals surface area contributed by atoms with Crippen molar-refractivity contribution in [3.05, 3.63) is 58.0 Å². The van der Waals surface area contributed by atoms with E-state index in [1.807, 2.05) is 31.2 Å². The van der Waals surface area contributed by atoms with E-state index in [1.165, 1.54) is 12.3 Å². The van der Waals surface area contributed by atoms with Gasteiger partial charge in [-0.2, -0.15) is 0 Å². The number of nitrogens with one attached hydrogen (secondary N) is 1. The van der Waals surface area contributed by atoms with Crippen molar-refractivity contribution < 1.29 is 14.3 Å². The number of hydrogen-bond donors (Lipinski definition) is 2. The van der Waals surface area contributed by atoms with E-state index in [9.17, 15) is 4.79 Å². The molecule has 0 fully saturated rings. The van der Waals surface area contributed by atoms with Gasteiger partial charge in [0.15, 0.2) is 0 Å². The van der Waals surface area contributed by atoms with Gasteiger partial charge < -0.3 is 14.8 Å². The van der Waals surface area contributed by atoms with Crippen LogP contribution in [0, 0.1) is 0 Å². The predicted octanol–water partition coefficient (Wildman–Crippen LogP) is 3.59.